The number of nitrogens with one attached hydrogen (secondary N) is 1. The number of hydrogen-bond donors (Lipinski definition) is 2. The van der Waals surface area contributed by atoms with Crippen LogP contribution in [0.2, 0.25) is 5.15 Å². The number of hydrogen-bond acceptors (Lipinski definition) is 8. The highest BCUT2D eigenvalue weighted by Crippen LogP contribution is 2.31. The molecule has 2 N–H and O–H groups in total. The molecule has 214 valence electrons. The van der Waals surface area contributed by atoms with Crippen LogP contribution in [-0.2, 0) is 33.9 Å². The Morgan fingerprint density at radius 1 is 1.15 bits per heavy atom. The SMILES string of the molecule is CCCCc1nc(Cl)c(COC(=O)C2[C@@H](C(=O)O)CCN2C)n1Cc1ccc(-c2ccccc2-c2nn[nH]n2)cc1. The van der Waals surface area contributed by atoms with E-state index < -0.39 is 23.9 Å². The van der Waals surface area contributed by atoms with Gasteiger partial charge >= 0.3 is 11.9 Å². The fourth-order valence-electron chi connectivity index (χ4n) is 5.31. The van der Waals surface area contributed by atoms with Crippen molar-refractivity contribution in [2.45, 2.75) is 51.8 Å². The van der Waals surface area contributed by atoms with E-state index in [1.165, 1.54) is 0 Å². The number of carbonyl (C=O) groups is 2. The second kappa shape index (κ2) is 12.6. The summed E-state index contributed by atoms with van der Waals surface area (Å²) >= 11 is 6.57. The Balaban J connectivity index is 1.37. The van der Waals surface area contributed by atoms with Crippen LogP contribution in [0, 0.1) is 5.92 Å². The van der Waals surface area contributed by atoms with Crippen molar-refractivity contribution in [3.63, 3.8) is 0 Å². The zero-order chi connectivity index (χ0) is 28.9. The molecular weight excluding hydrogens is 546 g/mol. The lowest BCUT2D eigenvalue weighted by Crippen LogP contribution is -2.41. The lowest BCUT2D eigenvalue weighted by molar-refractivity contribution is -0.157. The number of tetrazole rings is 1. The Morgan fingerprint density at radius 3 is 2.59 bits per heavy atom. The number of aromatic amines is 1. The number of carbonyl (C=O) groups excluding carboxylic acids is 1. The molecule has 1 fully saturated rings. The minimum Gasteiger partial charge on any atom is -0.481 e. The number of unbranched alkanes of at least 4 members (excludes halogenated alkanes) is 1. The zero-order valence-electron chi connectivity index (χ0n) is 23.0. The topological polar surface area (TPSA) is 139 Å². The van der Waals surface area contributed by atoms with E-state index in [0.29, 0.717) is 31.0 Å². The van der Waals surface area contributed by atoms with Gasteiger partial charge in [-0.25, -0.2) is 4.98 Å². The predicted molar refractivity (Wildman–Crippen MR) is 152 cm³/mol. The summed E-state index contributed by atoms with van der Waals surface area (Å²) in [4.78, 5) is 31.0. The summed E-state index contributed by atoms with van der Waals surface area (Å²) in [7, 11) is 1.74. The molecule has 2 aromatic heterocycles. The maximum absolute atomic E-state index is 13.0. The molecule has 0 spiro atoms. The van der Waals surface area contributed by atoms with Crippen LogP contribution in [0.3, 0.4) is 0 Å². The summed E-state index contributed by atoms with van der Waals surface area (Å²) < 4.78 is 7.66. The highest BCUT2D eigenvalue weighted by molar-refractivity contribution is 6.30. The third-order valence-corrected chi connectivity index (χ3v) is 7.84. The highest BCUT2D eigenvalue weighted by atomic mass is 35.5. The highest BCUT2D eigenvalue weighted by Gasteiger charge is 2.42. The van der Waals surface area contributed by atoms with Gasteiger partial charge in [0.1, 0.15) is 18.5 Å². The number of nitrogens with zero attached hydrogens (tertiary/aromatic N) is 6. The van der Waals surface area contributed by atoms with Crippen molar-refractivity contribution in [1.29, 1.82) is 0 Å². The van der Waals surface area contributed by atoms with Crippen LogP contribution in [-0.4, -0.2) is 71.8 Å². The van der Waals surface area contributed by atoms with E-state index in [9.17, 15) is 14.7 Å². The fraction of sp³-hybridized carbons (Fsp3) is 0.379. The van der Waals surface area contributed by atoms with E-state index in [1.54, 1.807) is 11.9 Å². The van der Waals surface area contributed by atoms with Crippen LogP contribution in [0.15, 0.2) is 48.5 Å². The molecule has 4 aromatic rings. The Bertz CT molecular complexity index is 1500. The molecule has 2 atom stereocenters. The molecule has 12 heteroatoms. The van der Waals surface area contributed by atoms with Gasteiger partial charge in [0.15, 0.2) is 5.15 Å². The van der Waals surface area contributed by atoms with Gasteiger partial charge in [-0.05, 0) is 48.3 Å². The molecule has 1 aliphatic rings. The number of ether oxygens (including phenoxy) is 1. The van der Waals surface area contributed by atoms with Gasteiger partial charge in [-0.3, -0.25) is 14.5 Å². The Labute approximate surface area is 242 Å². The second-order valence-corrected chi connectivity index (χ2v) is 10.6. The van der Waals surface area contributed by atoms with Crippen LogP contribution in [0.4, 0.5) is 0 Å². The number of carboxylic acid groups (broad SMARTS) is 1. The van der Waals surface area contributed by atoms with E-state index >= 15 is 0 Å². The quantitative estimate of drug-likeness (QED) is 0.251. The van der Waals surface area contributed by atoms with Gasteiger partial charge in [0.05, 0.1) is 11.6 Å². The van der Waals surface area contributed by atoms with Crippen molar-refractivity contribution in [3.8, 4) is 22.5 Å². The van der Waals surface area contributed by atoms with Crippen LogP contribution >= 0.6 is 11.6 Å². The number of esters is 1. The van der Waals surface area contributed by atoms with Crippen LogP contribution in [0.1, 0.15) is 43.3 Å². The molecule has 1 unspecified atom stereocenters. The minimum atomic E-state index is -0.996. The first-order valence-electron chi connectivity index (χ1n) is 13.6. The van der Waals surface area contributed by atoms with Gasteiger partial charge in [0, 0.05) is 18.5 Å². The van der Waals surface area contributed by atoms with Crippen molar-refractivity contribution in [2.24, 2.45) is 5.92 Å². The van der Waals surface area contributed by atoms with Crippen LogP contribution in [0.25, 0.3) is 22.5 Å². The smallest absolute Gasteiger partial charge is 0.324 e. The number of likely N-dealkylation sites (tertiary alicyclic amines) is 1. The number of likely N-dealkylation sites (N-methyl/N-ethyl adjacent to an activating group) is 1. The van der Waals surface area contributed by atoms with Crippen molar-refractivity contribution in [2.75, 3.05) is 13.6 Å². The number of aryl methyl sites for hydroxylation is 1. The maximum Gasteiger partial charge on any atom is 0.324 e. The van der Waals surface area contributed by atoms with Crippen molar-refractivity contribution in [1.82, 2.24) is 35.1 Å². The molecular formula is C29H32ClN7O4. The molecule has 3 heterocycles. The van der Waals surface area contributed by atoms with E-state index in [1.807, 2.05) is 53.1 Å². The first-order valence-corrected chi connectivity index (χ1v) is 14.0. The molecule has 0 aliphatic carbocycles. The number of carboxylic acids is 1. The van der Waals surface area contributed by atoms with Crippen molar-refractivity contribution in [3.05, 3.63) is 70.8 Å². The van der Waals surface area contributed by atoms with E-state index in [-0.39, 0.29) is 11.8 Å². The molecule has 41 heavy (non-hydrogen) atoms. The lowest BCUT2D eigenvalue weighted by atomic mass is 9.98. The fourth-order valence-corrected chi connectivity index (χ4v) is 5.56. The first kappa shape index (κ1) is 28.4. The predicted octanol–water partition coefficient (Wildman–Crippen LogP) is 4.22. The maximum atomic E-state index is 13.0. The summed E-state index contributed by atoms with van der Waals surface area (Å²) in [6, 6.07) is 15.2. The molecule has 11 nitrogen and oxygen atoms in total. The number of H-pyrrole nitrogens is 1. The Hall–Kier alpha value is -4.09. The molecule has 0 saturated carbocycles. The van der Waals surface area contributed by atoms with Crippen molar-refractivity contribution >= 4 is 23.5 Å². The van der Waals surface area contributed by atoms with Gasteiger partial charge in [0.25, 0.3) is 0 Å². The zero-order valence-corrected chi connectivity index (χ0v) is 23.7. The molecule has 2 aromatic carbocycles. The normalized spacial score (nSPS) is 17.1. The minimum absolute atomic E-state index is 0.0936. The third kappa shape index (κ3) is 6.15. The van der Waals surface area contributed by atoms with Gasteiger partial charge in [0.2, 0.25) is 5.82 Å². The average molecular weight is 578 g/mol. The standard InChI is InChI=1S/C29H32ClN7O4/c1-3-4-9-24-31-26(30)23(17-41-29(40)25-22(28(38)39)14-15-36(25)2)37(24)16-18-10-12-19(13-11-18)20-7-5-6-8-21(20)27-32-34-35-33-27/h5-8,10-13,22,25H,3-4,9,14-17H2,1-2H3,(H,38,39)(H,32,33,34,35)/t22-,25?/m0/s1. The molecule has 0 amide bonds. The van der Waals surface area contributed by atoms with Crippen LogP contribution in [0.5, 0.6) is 0 Å². The third-order valence-electron chi connectivity index (χ3n) is 7.53. The Kier molecular flexibility index (Phi) is 8.75. The average Bonchev–Trinajstić information content (AvgIpc) is 3.71. The van der Waals surface area contributed by atoms with Crippen LogP contribution < -0.4 is 0 Å². The van der Waals surface area contributed by atoms with Gasteiger partial charge < -0.3 is 14.4 Å². The summed E-state index contributed by atoms with van der Waals surface area (Å²) in [6.45, 7) is 3.02. The summed E-state index contributed by atoms with van der Waals surface area (Å²) in [5.74, 6) is -1.02. The van der Waals surface area contributed by atoms with Gasteiger partial charge in [-0.2, -0.15) is 5.21 Å². The molecule has 0 bridgehead atoms. The summed E-state index contributed by atoms with van der Waals surface area (Å²) in [5, 5.41) is 24.3. The number of benzene rings is 2. The summed E-state index contributed by atoms with van der Waals surface area (Å²) in [6.07, 6.45) is 3.06. The van der Waals surface area contributed by atoms with Gasteiger partial charge in [-0.1, -0.05) is 73.5 Å². The lowest BCUT2D eigenvalue weighted by Gasteiger charge is -2.21. The Morgan fingerprint density at radius 2 is 1.90 bits per heavy atom. The number of aromatic nitrogens is 6. The number of aliphatic carboxylic acids is 1. The first-order chi connectivity index (χ1) is 19.9. The molecule has 5 rings (SSSR count). The largest absolute Gasteiger partial charge is 0.481 e. The van der Waals surface area contributed by atoms with E-state index in [4.69, 9.17) is 16.3 Å². The second-order valence-electron chi connectivity index (χ2n) is 10.2. The van der Waals surface area contributed by atoms with Gasteiger partial charge in [-0.15, -0.1) is 10.2 Å². The number of rotatable bonds is 11. The summed E-state index contributed by atoms with van der Waals surface area (Å²) in [5.41, 5.74) is 4.47. The molecule has 0 radical (unpaired) electrons. The molecule has 1 aliphatic heterocycles. The molecule has 1 saturated heterocycles. The van der Waals surface area contributed by atoms with E-state index in [0.717, 1.165) is 47.3 Å². The monoisotopic (exact) mass is 577 g/mol. The number of halogens is 1. The van der Waals surface area contributed by atoms with Crippen molar-refractivity contribution < 1.29 is 19.4 Å². The number of imidazole rings is 1. The van der Waals surface area contributed by atoms with E-state index in [2.05, 4.69) is 32.5 Å².